The number of rotatable bonds is 6. The fraction of sp³-hybridized carbons (Fsp3) is 0.500. The quantitative estimate of drug-likeness (QED) is 0.442. The van der Waals surface area contributed by atoms with E-state index >= 15 is 0 Å². The van der Waals surface area contributed by atoms with Crippen molar-refractivity contribution in [3.8, 4) is 0 Å². The molecule has 0 heterocycles. The van der Waals surface area contributed by atoms with Crippen molar-refractivity contribution in [1.82, 2.24) is 5.32 Å². The third kappa shape index (κ3) is 4.13. The first kappa shape index (κ1) is 20.4. The van der Waals surface area contributed by atoms with Crippen LogP contribution in [0, 0.1) is 17.8 Å². The number of thioether (sulfide) groups is 1. The summed E-state index contributed by atoms with van der Waals surface area (Å²) in [5.41, 5.74) is -0.0387. The van der Waals surface area contributed by atoms with Gasteiger partial charge in [-0.3, -0.25) is 9.59 Å². The molecule has 0 spiro atoms. The van der Waals surface area contributed by atoms with Crippen molar-refractivity contribution in [2.24, 2.45) is 17.8 Å². The van der Waals surface area contributed by atoms with Gasteiger partial charge in [0, 0.05) is 14.9 Å². The van der Waals surface area contributed by atoms with E-state index in [0.717, 1.165) is 57.2 Å². The van der Waals surface area contributed by atoms with Crippen molar-refractivity contribution >= 4 is 50.3 Å². The van der Waals surface area contributed by atoms with Gasteiger partial charge in [0.05, 0.1) is 5.75 Å². The number of carbonyl (C=O) groups is 2. The topological polar surface area (TPSA) is 55.4 Å². The molecule has 0 unspecified atom stereocenters. The van der Waals surface area contributed by atoms with Crippen LogP contribution in [-0.4, -0.2) is 29.8 Å². The van der Waals surface area contributed by atoms with Crippen molar-refractivity contribution in [1.29, 1.82) is 0 Å². The van der Waals surface area contributed by atoms with Gasteiger partial charge in [-0.1, -0.05) is 30.3 Å². The molecule has 4 aliphatic rings. The average Bonchev–Trinajstić information content (AvgIpc) is 2.70. The smallest absolute Gasteiger partial charge is 0.316 e. The normalized spacial score (nSPS) is 29.2. The summed E-state index contributed by atoms with van der Waals surface area (Å²) in [4.78, 5) is 25.7. The van der Waals surface area contributed by atoms with Gasteiger partial charge in [0.1, 0.15) is 0 Å². The summed E-state index contributed by atoms with van der Waals surface area (Å²) >= 11 is 5.07. The zero-order valence-electron chi connectivity index (χ0n) is 16.9. The number of carbonyl (C=O) groups excluding carboxylic acids is 2. The third-order valence-corrected chi connectivity index (χ3v) is 9.13. The van der Waals surface area contributed by atoms with Gasteiger partial charge in [0.2, 0.25) is 0 Å². The molecule has 0 saturated heterocycles. The van der Waals surface area contributed by atoms with E-state index in [9.17, 15) is 9.59 Å². The molecule has 1 N–H and O–H groups in total. The molecule has 0 radical (unpaired) electrons. The number of benzene rings is 2. The first-order chi connectivity index (χ1) is 14.5. The fourth-order valence-electron chi connectivity index (χ4n) is 6.25. The van der Waals surface area contributed by atoms with Crippen LogP contribution in [0.1, 0.15) is 38.5 Å². The summed E-state index contributed by atoms with van der Waals surface area (Å²) in [6.45, 7) is -0.181. The van der Waals surface area contributed by atoms with Crippen LogP contribution in [0.5, 0.6) is 0 Å². The Bertz CT molecular complexity index is 956. The fourth-order valence-corrected chi connectivity index (χ4v) is 7.84. The van der Waals surface area contributed by atoms with Crippen molar-refractivity contribution in [3.63, 3.8) is 0 Å². The lowest BCUT2D eigenvalue weighted by molar-refractivity contribution is -0.147. The van der Waals surface area contributed by atoms with E-state index in [4.69, 9.17) is 4.74 Å². The Balaban J connectivity index is 1.12. The van der Waals surface area contributed by atoms with Gasteiger partial charge in [-0.2, -0.15) is 0 Å². The molecule has 0 aliphatic heterocycles. The largest absolute Gasteiger partial charge is 0.455 e. The molecule has 4 saturated carbocycles. The van der Waals surface area contributed by atoms with E-state index in [-0.39, 0.29) is 29.8 Å². The molecule has 0 atom stereocenters. The van der Waals surface area contributed by atoms with E-state index in [2.05, 4.69) is 33.4 Å². The number of ether oxygens (including phenoxy) is 1. The Morgan fingerprint density at radius 2 is 1.70 bits per heavy atom. The summed E-state index contributed by atoms with van der Waals surface area (Å²) < 4.78 is 6.26. The summed E-state index contributed by atoms with van der Waals surface area (Å²) in [6.07, 6.45) is 7.32. The highest BCUT2D eigenvalue weighted by atomic mass is 79.9. The summed E-state index contributed by atoms with van der Waals surface area (Å²) in [6, 6.07) is 12.2. The second-order valence-corrected chi connectivity index (χ2v) is 11.1. The van der Waals surface area contributed by atoms with Crippen LogP contribution in [-0.2, 0) is 14.3 Å². The molecule has 1 amide bonds. The highest BCUT2D eigenvalue weighted by Gasteiger charge is 2.51. The number of amides is 1. The summed E-state index contributed by atoms with van der Waals surface area (Å²) in [7, 11) is 0. The van der Waals surface area contributed by atoms with E-state index in [1.807, 2.05) is 24.3 Å². The van der Waals surface area contributed by atoms with Gasteiger partial charge in [-0.25, -0.2) is 0 Å². The lowest BCUT2D eigenvalue weighted by atomic mass is 9.53. The van der Waals surface area contributed by atoms with Gasteiger partial charge < -0.3 is 10.1 Å². The number of nitrogens with one attached hydrogen (secondary N) is 1. The van der Waals surface area contributed by atoms with Gasteiger partial charge in [-0.05, 0) is 89.0 Å². The predicted molar refractivity (Wildman–Crippen MR) is 122 cm³/mol. The minimum absolute atomic E-state index is 0.0387. The first-order valence-corrected chi connectivity index (χ1v) is 12.5. The van der Waals surface area contributed by atoms with Crippen LogP contribution in [0.15, 0.2) is 45.8 Å². The van der Waals surface area contributed by atoms with Crippen LogP contribution in [0.3, 0.4) is 0 Å². The highest BCUT2D eigenvalue weighted by Crippen LogP contribution is 2.55. The Kier molecular flexibility index (Phi) is 5.56. The van der Waals surface area contributed by atoms with Crippen molar-refractivity contribution in [3.05, 3.63) is 40.9 Å². The van der Waals surface area contributed by atoms with Gasteiger partial charge in [-0.15, -0.1) is 11.8 Å². The molecular weight excluding hydrogens is 462 g/mol. The highest BCUT2D eigenvalue weighted by molar-refractivity contribution is 9.10. The molecule has 4 bridgehead atoms. The number of fused-ring (bicyclic) bond motifs is 1. The molecule has 0 aromatic heterocycles. The molecule has 158 valence electrons. The summed E-state index contributed by atoms with van der Waals surface area (Å²) in [5.74, 6) is 1.99. The van der Waals surface area contributed by atoms with Gasteiger partial charge in [0.15, 0.2) is 6.61 Å². The van der Waals surface area contributed by atoms with E-state index in [1.165, 1.54) is 31.0 Å². The molecule has 4 aliphatic carbocycles. The van der Waals surface area contributed by atoms with Crippen LogP contribution in [0.2, 0.25) is 0 Å². The molecule has 2 aromatic rings. The second kappa shape index (κ2) is 8.19. The first-order valence-electron chi connectivity index (χ1n) is 10.8. The number of hydrogen-bond donors (Lipinski definition) is 1. The maximum Gasteiger partial charge on any atom is 0.316 e. The lowest BCUT2D eigenvalue weighted by Crippen LogP contribution is -2.60. The summed E-state index contributed by atoms with van der Waals surface area (Å²) in [5, 5.41) is 5.52. The van der Waals surface area contributed by atoms with Crippen LogP contribution in [0.25, 0.3) is 10.8 Å². The van der Waals surface area contributed by atoms with Crippen LogP contribution in [0.4, 0.5) is 0 Å². The Morgan fingerprint density at radius 1 is 1.03 bits per heavy atom. The Labute approximate surface area is 189 Å². The molecule has 6 heteroatoms. The average molecular weight is 488 g/mol. The zero-order chi connectivity index (χ0) is 20.7. The SMILES string of the molecule is O=C(COC(=O)CSc1ccc2ccccc2c1Br)NC12CC3CC(CC(C3)C1)C2. The van der Waals surface area contributed by atoms with E-state index < -0.39 is 0 Å². The van der Waals surface area contributed by atoms with Crippen molar-refractivity contribution in [2.75, 3.05) is 12.4 Å². The van der Waals surface area contributed by atoms with Crippen molar-refractivity contribution in [2.45, 2.75) is 49.0 Å². The molecule has 2 aromatic carbocycles. The van der Waals surface area contributed by atoms with Gasteiger partial charge >= 0.3 is 5.97 Å². The van der Waals surface area contributed by atoms with Crippen LogP contribution < -0.4 is 5.32 Å². The lowest BCUT2D eigenvalue weighted by Gasteiger charge is -2.56. The van der Waals surface area contributed by atoms with E-state index in [1.54, 1.807) is 0 Å². The molecule has 4 nitrogen and oxygen atoms in total. The van der Waals surface area contributed by atoms with Gasteiger partial charge in [0.25, 0.3) is 5.91 Å². The monoisotopic (exact) mass is 487 g/mol. The number of esters is 1. The number of halogens is 1. The Hall–Kier alpha value is -1.53. The van der Waals surface area contributed by atoms with E-state index in [0.29, 0.717) is 0 Å². The standard InChI is InChI=1S/C24H26BrNO3S/c25-23-19-4-2-1-3-18(19)5-6-20(23)30-14-22(28)29-13-21(27)26-24-10-15-7-16(11-24)9-17(8-15)12-24/h1-6,15-17H,7-14H2,(H,26,27). The third-order valence-electron chi connectivity index (χ3n) is 6.98. The zero-order valence-corrected chi connectivity index (χ0v) is 19.3. The maximum atomic E-state index is 12.5. The predicted octanol–water partition coefficient (Wildman–Crippen LogP) is 5.32. The van der Waals surface area contributed by atoms with Crippen molar-refractivity contribution < 1.29 is 14.3 Å². The van der Waals surface area contributed by atoms with Crippen LogP contribution >= 0.6 is 27.7 Å². The molecular formula is C24H26BrNO3S. The molecule has 4 fully saturated rings. The maximum absolute atomic E-state index is 12.5. The molecule has 6 rings (SSSR count). The molecule has 30 heavy (non-hydrogen) atoms. The minimum atomic E-state index is -0.360. The minimum Gasteiger partial charge on any atom is -0.455 e. The number of hydrogen-bond acceptors (Lipinski definition) is 4. The second-order valence-electron chi connectivity index (χ2n) is 9.29. The Morgan fingerprint density at radius 3 is 2.40 bits per heavy atom.